The van der Waals surface area contributed by atoms with Crippen molar-refractivity contribution in [3.05, 3.63) is 47.5 Å². The van der Waals surface area contributed by atoms with E-state index in [0.29, 0.717) is 17.6 Å². The van der Waals surface area contributed by atoms with E-state index < -0.39 is 29.0 Å². The molecule has 0 spiro atoms. The van der Waals surface area contributed by atoms with Crippen LogP contribution in [0.3, 0.4) is 0 Å². The summed E-state index contributed by atoms with van der Waals surface area (Å²) in [6.07, 6.45) is 2.08. The SMILES string of the molecule is CCOC(=O)C1=CCC(C)(O)C(NCCCO)(C(=O)OCC)C1c1ccccc1. The first-order chi connectivity index (χ1) is 13.9. The van der Waals surface area contributed by atoms with E-state index >= 15 is 0 Å². The van der Waals surface area contributed by atoms with Crippen molar-refractivity contribution in [3.63, 3.8) is 0 Å². The van der Waals surface area contributed by atoms with Crippen LogP contribution >= 0.6 is 0 Å². The van der Waals surface area contributed by atoms with Gasteiger partial charge >= 0.3 is 11.9 Å². The van der Waals surface area contributed by atoms with Crippen molar-refractivity contribution in [2.24, 2.45) is 0 Å². The molecule has 1 aliphatic rings. The van der Waals surface area contributed by atoms with E-state index in [4.69, 9.17) is 9.47 Å². The van der Waals surface area contributed by atoms with Crippen LogP contribution in [0, 0.1) is 0 Å². The minimum absolute atomic E-state index is 0.0649. The standard InChI is InChI=1S/C22H31NO6/c1-4-28-19(25)17-12-13-21(3,27)22(20(26)29-5-2,23-14-9-15-24)18(17)16-10-7-6-8-11-16/h6-8,10-12,18,23-24,27H,4-5,9,13-15H2,1-3H3. The highest BCUT2D eigenvalue weighted by Gasteiger charge is 2.62. The van der Waals surface area contributed by atoms with E-state index in [-0.39, 0.29) is 32.8 Å². The fraction of sp³-hybridized carbons (Fsp3) is 0.545. The monoisotopic (exact) mass is 405 g/mol. The van der Waals surface area contributed by atoms with Gasteiger partial charge in [0.05, 0.1) is 18.8 Å². The van der Waals surface area contributed by atoms with Gasteiger partial charge in [0.2, 0.25) is 0 Å². The number of carbonyl (C=O) groups excluding carboxylic acids is 2. The van der Waals surface area contributed by atoms with Gasteiger partial charge in [-0.25, -0.2) is 9.59 Å². The molecule has 0 saturated carbocycles. The molecule has 160 valence electrons. The number of rotatable bonds is 9. The predicted octanol–water partition coefficient (Wildman–Crippen LogP) is 1.69. The third-order valence-electron chi connectivity index (χ3n) is 5.29. The van der Waals surface area contributed by atoms with Gasteiger partial charge in [-0.05, 0) is 45.7 Å². The Morgan fingerprint density at radius 3 is 2.41 bits per heavy atom. The molecule has 7 heteroatoms. The summed E-state index contributed by atoms with van der Waals surface area (Å²) in [6, 6.07) is 9.07. The second kappa shape index (κ2) is 10.0. The molecule has 3 unspecified atom stereocenters. The lowest BCUT2D eigenvalue weighted by Gasteiger charge is -2.51. The average molecular weight is 405 g/mol. The maximum absolute atomic E-state index is 13.4. The Kier molecular flexibility index (Phi) is 7.96. The van der Waals surface area contributed by atoms with Crippen LogP contribution in [-0.4, -0.2) is 59.7 Å². The Labute approximate surface area is 171 Å². The topological polar surface area (TPSA) is 105 Å². The van der Waals surface area contributed by atoms with Crippen LogP contribution in [-0.2, 0) is 19.1 Å². The minimum Gasteiger partial charge on any atom is -0.465 e. The molecule has 2 rings (SSSR count). The smallest absolute Gasteiger partial charge is 0.334 e. The van der Waals surface area contributed by atoms with Gasteiger partial charge in [0, 0.05) is 18.1 Å². The Hall–Kier alpha value is -2.22. The first-order valence-corrected chi connectivity index (χ1v) is 10.0. The largest absolute Gasteiger partial charge is 0.465 e. The van der Waals surface area contributed by atoms with E-state index in [1.165, 1.54) is 0 Å². The van der Waals surface area contributed by atoms with Crippen molar-refractivity contribution in [2.75, 3.05) is 26.4 Å². The van der Waals surface area contributed by atoms with E-state index in [9.17, 15) is 19.8 Å². The summed E-state index contributed by atoms with van der Waals surface area (Å²) >= 11 is 0. The van der Waals surface area contributed by atoms with Crippen molar-refractivity contribution < 1.29 is 29.3 Å². The summed E-state index contributed by atoms with van der Waals surface area (Å²) in [5.41, 5.74) is -2.20. The lowest BCUT2D eigenvalue weighted by molar-refractivity contribution is -0.167. The van der Waals surface area contributed by atoms with Crippen LogP contribution in [0.5, 0.6) is 0 Å². The summed E-state index contributed by atoms with van der Waals surface area (Å²) in [7, 11) is 0. The Balaban J connectivity index is 2.72. The van der Waals surface area contributed by atoms with Crippen molar-refractivity contribution in [3.8, 4) is 0 Å². The van der Waals surface area contributed by atoms with Gasteiger partial charge in [0.15, 0.2) is 5.54 Å². The molecule has 0 bridgehead atoms. The third kappa shape index (κ3) is 4.52. The van der Waals surface area contributed by atoms with E-state index in [1.54, 1.807) is 39.0 Å². The highest BCUT2D eigenvalue weighted by molar-refractivity contribution is 5.96. The number of hydrogen-bond donors (Lipinski definition) is 3. The van der Waals surface area contributed by atoms with Gasteiger partial charge in [0.1, 0.15) is 0 Å². The molecule has 0 fully saturated rings. The van der Waals surface area contributed by atoms with E-state index in [0.717, 1.165) is 0 Å². The molecule has 1 aliphatic carbocycles. The molecule has 1 aromatic rings. The molecule has 1 aromatic carbocycles. The second-order valence-electron chi connectivity index (χ2n) is 7.23. The highest BCUT2D eigenvalue weighted by Crippen LogP contribution is 2.48. The van der Waals surface area contributed by atoms with Crippen LogP contribution in [0.15, 0.2) is 42.0 Å². The fourth-order valence-electron chi connectivity index (χ4n) is 3.93. The summed E-state index contributed by atoms with van der Waals surface area (Å²) < 4.78 is 10.6. The Morgan fingerprint density at radius 1 is 1.17 bits per heavy atom. The van der Waals surface area contributed by atoms with Gasteiger partial charge in [-0.3, -0.25) is 5.32 Å². The van der Waals surface area contributed by atoms with Crippen LogP contribution in [0.4, 0.5) is 0 Å². The molecule has 0 aliphatic heterocycles. The lowest BCUT2D eigenvalue weighted by atomic mass is 9.61. The number of carbonyl (C=O) groups is 2. The van der Waals surface area contributed by atoms with Crippen LogP contribution in [0.2, 0.25) is 0 Å². The molecule has 0 saturated heterocycles. The van der Waals surface area contributed by atoms with Crippen LogP contribution < -0.4 is 5.32 Å². The molecule has 3 N–H and O–H groups in total. The molecule has 0 heterocycles. The van der Waals surface area contributed by atoms with Gasteiger partial charge in [-0.2, -0.15) is 0 Å². The number of aliphatic hydroxyl groups is 2. The number of ether oxygens (including phenoxy) is 2. The number of benzene rings is 1. The quantitative estimate of drug-likeness (QED) is 0.424. The highest BCUT2D eigenvalue weighted by atomic mass is 16.5. The maximum Gasteiger partial charge on any atom is 0.334 e. The molecule has 3 atom stereocenters. The maximum atomic E-state index is 13.4. The lowest BCUT2D eigenvalue weighted by Crippen LogP contribution is -2.71. The molecular formula is C22H31NO6. The second-order valence-corrected chi connectivity index (χ2v) is 7.23. The number of nitrogens with one attached hydrogen (secondary N) is 1. The van der Waals surface area contributed by atoms with Crippen molar-refractivity contribution in [1.82, 2.24) is 5.32 Å². The van der Waals surface area contributed by atoms with Gasteiger partial charge in [-0.1, -0.05) is 36.4 Å². The average Bonchev–Trinajstić information content (AvgIpc) is 2.69. The van der Waals surface area contributed by atoms with Gasteiger partial charge in [-0.15, -0.1) is 0 Å². The fourth-order valence-corrected chi connectivity index (χ4v) is 3.93. The Bertz CT molecular complexity index is 730. The van der Waals surface area contributed by atoms with E-state index in [2.05, 4.69) is 5.32 Å². The first-order valence-electron chi connectivity index (χ1n) is 10.0. The zero-order valence-corrected chi connectivity index (χ0v) is 17.3. The summed E-state index contributed by atoms with van der Waals surface area (Å²) in [5, 5.41) is 23.8. The summed E-state index contributed by atoms with van der Waals surface area (Å²) in [6.45, 7) is 5.46. The van der Waals surface area contributed by atoms with Crippen LogP contribution in [0.25, 0.3) is 0 Å². The third-order valence-corrected chi connectivity index (χ3v) is 5.29. The predicted molar refractivity (Wildman–Crippen MR) is 108 cm³/mol. The van der Waals surface area contributed by atoms with Crippen molar-refractivity contribution >= 4 is 11.9 Å². The number of aliphatic hydroxyl groups excluding tert-OH is 1. The van der Waals surface area contributed by atoms with Crippen molar-refractivity contribution in [2.45, 2.75) is 50.7 Å². The number of esters is 2. The molecule has 7 nitrogen and oxygen atoms in total. The zero-order valence-electron chi connectivity index (χ0n) is 17.3. The molecule has 0 amide bonds. The molecule has 0 aromatic heterocycles. The van der Waals surface area contributed by atoms with E-state index in [1.807, 2.05) is 18.2 Å². The Morgan fingerprint density at radius 2 is 1.83 bits per heavy atom. The zero-order chi connectivity index (χ0) is 21.5. The van der Waals surface area contributed by atoms with Gasteiger partial charge in [0.25, 0.3) is 0 Å². The van der Waals surface area contributed by atoms with Crippen molar-refractivity contribution in [1.29, 1.82) is 0 Å². The number of hydrogen-bond acceptors (Lipinski definition) is 7. The summed E-state index contributed by atoms with van der Waals surface area (Å²) in [5.74, 6) is -2.01. The normalized spacial score (nSPS) is 26.5. The van der Waals surface area contributed by atoms with Gasteiger partial charge < -0.3 is 19.7 Å². The molecule has 0 radical (unpaired) electrons. The summed E-state index contributed by atoms with van der Waals surface area (Å²) in [4.78, 5) is 26.2. The molecular weight excluding hydrogens is 374 g/mol. The minimum atomic E-state index is -1.63. The first kappa shape index (κ1) is 23.1. The molecule has 29 heavy (non-hydrogen) atoms. The van der Waals surface area contributed by atoms with Crippen LogP contribution in [0.1, 0.15) is 45.1 Å².